The van der Waals surface area contributed by atoms with E-state index in [1.54, 1.807) is 19.0 Å². The highest BCUT2D eigenvalue weighted by molar-refractivity contribution is 14.0. The summed E-state index contributed by atoms with van der Waals surface area (Å²) in [6.07, 6.45) is 6.52. The van der Waals surface area contributed by atoms with E-state index in [4.69, 9.17) is 4.74 Å². The molecule has 6 nitrogen and oxygen atoms in total. The van der Waals surface area contributed by atoms with Crippen molar-refractivity contribution in [2.45, 2.75) is 25.7 Å². The molecule has 0 aliphatic carbocycles. The molecule has 2 aliphatic heterocycles. The molecular formula is C17H31IN4O2. The molecule has 1 unspecified atom stereocenters. The molecule has 0 aromatic heterocycles. The molecular weight excluding hydrogens is 419 g/mol. The van der Waals surface area contributed by atoms with Gasteiger partial charge in [-0.2, -0.15) is 0 Å². The number of amides is 1. The Balaban J connectivity index is 0.00000288. The Morgan fingerprint density at radius 2 is 2.17 bits per heavy atom. The summed E-state index contributed by atoms with van der Waals surface area (Å²) in [4.78, 5) is 20.2. The number of likely N-dealkylation sites (N-methyl/N-ethyl adjacent to an activating group) is 1. The minimum Gasteiger partial charge on any atom is -0.381 e. The molecule has 1 atom stereocenters. The van der Waals surface area contributed by atoms with Crippen LogP contribution >= 0.6 is 24.0 Å². The van der Waals surface area contributed by atoms with Gasteiger partial charge in [0.05, 0.1) is 6.61 Å². The second kappa shape index (κ2) is 10.2. The van der Waals surface area contributed by atoms with Crippen molar-refractivity contribution in [2.75, 3.05) is 53.5 Å². The number of nitrogens with one attached hydrogen (secondary N) is 1. The molecule has 1 spiro atoms. The first-order valence-corrected chi connectivity index (χ1v) is 8.48. The van der Waals surface area contributed by atoms with Gasteiger partial charge in [-0.05, 0) is 25.7 Å². The first-order valence-electron chi connectivity index (χ1n) is 8.48. The zero-order chi connectivity index (χ0) is 16.7. The van der Waals surface area contributed by atoms with Crippen molar-refractivity contribution < 1.29 is 9.53 Å². The van der Waals surface area contributed by atoms with Crippen molar-refractivity contribution in [3.05, 3.63) is 12.7 Å². The number of guanidine groups is 1. The lowest BCUT2D eigenvalue weighted by Gasteiger charge is -2.45. The summed E-state index contributed by atoms with van der Waals surface area (Å²) in [5.74, 6) is 0.820. The SMILES string of the molecule is C=CCNC(=NCC(=O)N(C)C)N1CCCC2(CCCOC2)C1.I. The summed E-state index contributed by atoms with van der Waals surface area (Å²) in [6.45, 7) is 8.22. The van der Waals surface area contributed by atoms with Gasteiger partial charge in [0.2, 0.25) is 5.91 Å². The highest BCUT2D eigenvalue weighted by Gasteiger charge is 2.38. The van der Waals surface area contributed by atoms with Crippen LogP contribution in [-0.2, 0) is 9.53 Å². The van der Waals surface area contributed by atoms with Crippen molar-refractivity contribution in [1.82, 2.24) is 15.1 Å². The number of aliphatic imine (C=N–C) groups is 1. The van der Waals surface area contributed by atoms with Crippen LogP contribution in [-0.4, -0.2) is 75.2 Å². The summed E-state index contributed by atoms with van der Waals surface area (Å²) < 4.78 is 5.74. The molecule has 7 heteroatoms. The normalized spacial score (nSPS) is 24.2. The number of likely N-dealkylation sites (tertiary alicyclic amines) is 1. The number of halogens is 1. The Hall–Kier alpha value is -0.830. The topological polar surface area (TPSA) is 57.2 Å². The molecule has 24 heavy (non-hydrogen) atoms. The van der Waals surface area contributed by atoms with E-state index in [9.17, 15) is 4.79 Å². The van der Waals surface area contributed by atoms with E-state index >= 15 is 0 Å². The third-order valence-electron chi connectivity index (χ3n) is 4.63. The number of rotatable bonds is 4. The molecule has 2 rings (SSSR count). The maximum absolute atomic E-state index is 11.8. The van der Waals surface area contributed by atoms with Crippen molar-refractivity contribution in [3.63, 3.8) is 0 Å². The van der Waals surface area contributed by atoms with Crippen molar-refractivity contribution >= 4 is 35.8 Å². The Labute approximate surface area is 162 Å². The minimum atomic E-state index is 0. The monoisotopic (exact) mass is 450 g/mol. The second-order valence-corrected chi connectivity index (χ2v) is 6.78. The molecule has 2 aliphatic rings. The van der Waals surface area contributed by atoms with Crippen LogP contribution in [0, 0.1) is 5.41 Å². The number of hydrogen-bond acceptors (Lipinski definition) is 3. The molecule has 0 aromatic rings. The molecule has 0 saturated carbocycles. The van der Waals surface area contributed by atoms with Crippen LogP contribution < -0.4 is 5.32 Å². The average Bonchev–Trinajstić information content (AvgIpc) is 2.55. The molecule has 2 heterocycles. The Morgan fingerprint density at radius 3 is 2.79 bits per heavy atom. The molecule has 1 amide bonds. The van der Waals surface area contributed by atoms with Crippen LogP contribution in [0.15, 0.2) is 17.6 Å². The van der Waals surface area contributed by atoms with Gasteiger partial charge < -0.3 is 19.9 Å². The molecule has 2 saturated heterocycles. The zero-order valence-electron chi connectivity index (χ0n) is 14.9. The third-order valence-corrected chi connectivity index (χ3v) is 4.63. The fraction of sp³-hybridized carbons (Fsp3) is 0.765. The maximum atomic E-state index is 11.8. The van der Waals surface area contributed by atoms with E-state index < -0.39 is 0 Å². The Morgan fingerprint density at radius 1 is 1.42 bits per heavy atom. The lowest BCUT2D eigenvalue weighted by Crippen LogP contribution is -2.53. The minimum absolute atomic E-state index is 0. The summed E-state index contributed by atoms with van der Waals surface area (Å²) in [6, 6.07) is 0. The molecule has 2 fully saturated rings. The number of hydrogen-bond donors (Lipinski definition) is 1. The van der Waals surface area contributed by atoms with Crippen LogP contribution in [0.2, 0.25) is 0 Å². The fourth-order valence-corrected chi connectivity index (χ4v) is 3.34. The fourth-order valence-electron chi connectivity index (χ4n) is 3.34. The van der Waals surface area contributed by atoms with Gasteiger partial charge in [0, 0.05) is 45.8 Å². The van der Waals surface area contributed by atoms with E-state index in [1.807, 2.05) is 6.08 Å². The van der Waals surface area contributed by atoms with Gasteiger partial charge in [-0.1, -0.05) is 6.08 Å². The smallest absolute Gasteiger partial charge is 0.243 e. The van der Waals surface area contributed by atoms with Crippen molar-refractivity contribution in [1.29, 1.82) is 0 Å². The quantitative estimate of drug-likeness (QED) is 0.307. The van der Waals surface area contributed by atoms with E-state index in [0.29, 0.717) is 6.54 Å². The third kappa shape index (κ3) is 5.91. The number of carbonyl (C=O) groups is 1. The van der Waals surface area contributed by atoms with Gasteiger partial charge in [0.1, 0.15) is 6.54 Å². The first kappa shape index (κ1) is 21.2. The second-order valence-electron chi connectivity index (χ2n) is 6.78. The summed E-state index contributed by atoms with van der Waals surface area (Å²) >= 11 is 0. The lowest BCUT2D eigenvalue weighted by molar-refractivity contribution is -0.127. The van der Waals surface area contributed by atoms with Gasteiger partial charge in [0.15, 0.2) is 5.96 Å². The van der Waals surface area contributed by atoms with E-state index in [2.05, 4.69) is 21.8 Å². The summed E-state index contributed by atoms with van der Waals surface area (Å²) in [5.41, 5.74) is 0.249. The Kier molecular flexibility index (Phi) is 9.04. The number of carbonyl (C=O) groups excluding carboxylic acids is 1. The van der Waals surface area contributed by atoms with E-state index in [0.717, 1.165) is 45.1 Å². The van der Waals surface area contributed by atoms with Gasteiger partial charge >= 0.3 is 0 Å². The van der Waals surface area contributed by atoms with Crippen LogP contribution in [0.3, 0.4) is 0 Å². The molecule has 1 N–H and O–H groups in total. The zero-order valence-corrected chi connectivity index (χ0v) is 17.3. The summed E-state index contributed by atoms with van der Waals surface area (Å²) in [7, 11) is 3.51. The van der Waals surface area contributed by atoms with Crippen LogP contribution in [0.25, 0.3) is 0 Å². The highest BCUT2D eigenvalue weighted by Crippen LogP contribution is 2.37. The summed E-state index contributed by atoms with van der Waals surface area (Å²) in [5, 5.41) is 3.30. The Bertz CT molecular complexity index is 442. The molecule has 0 bridgehead atoms. The van der Waals surface area contributed by atoms with Gasteiger partial charge in [-0.3, -0.25) is 4.79 Å². The largest absolute Gasteiger partial charge is 0.381 e. The van der Waals surface area contributed by atoms with Gasteiger partial charge in [-0.15, -0.1) is 30.6 Å². The van der Waals surface area contributed by atoms with Crippen LogP contribution in [0.4, 0.5) is 0 Å². The van der Waals surface area contributed by atoms with Gasteiger partial charge in [0.25, 0.3) is 0 Å². The standard InChI is InChI=1S/C17H30N4O2.HI/c1-4-9-18-16(19-12-15(22)20(2)3)21-10-5-7-17(13-21)8-6-11-23-14-17;/h4H,1,5-14H2,2-3H3,(H,18,19);1H. The van der Waals surface area contributed by atoms with E-state index in [1.165, 1.54) is 12.8 Å². The molecule has 0 aromatic carbocycles. The van der Waals surface area contributed by atoms with E-state index in [-0.39, 0.29) is 41.8 Å². The molecule has 138 valence electrons. The van der Waals surface area contributed by atoms with Crippen molar-refractivity contribution in [2.24, 2.45) is 10.4 Å². The number of ether oxygens (including phenoxy) is 1. The average molecular weight is 450 g/mol. The van der Waals surface area contributed by atoms with Crippen molar-refractivity contribution in [3.8, 4) is 0 Å². The number of nitrogens with zero attached hydrogens (tertiary/aromatic N) is 3. The number of piperidine rings is 1. The first-order chi connectivity index (χ1) is 11.1. The highest BCUT2D eigenvalue weighted by atomic mass is 127. The molecule has 0 radical (unpaired) electrons. The lowest BCUT2D eigenvalue weighted by atomic mass is 9.76. The van der Waals surface area contributed by atoms with Crippen LogP contribution in [0.1, 0.15) is 25.7 Å². The predicted octanol–water partition coefficient (Wildman–Crippen LogP) is 1.72. The predicted molar refractivity (Wildman–Crippen MR) is 108 cm³/mol. The maximum Gasteiger partial charge on any atom is 0.243 e. The van der Waals surface area contributed by atoms with Gasteiger partial charge in [-0.25, -0.2) is 4.99 Å². The van der Waals surface area contributed by atoms with Crippen LogP contribution in [0.5, 0.6) is 0 Å².